The van der Waals surface area contributed by atoms with Crippen LogP contribution in [-0.4, -0.2) is 35.8 Å². The molecule has 0 spiro atoms. The summed E-state index contributed by atoms with van der Waals surface area (Å²) in [5, 5.41) is 0. The van der Waals surface area contributed by atoms with Crippen LogP contribution >= 0.6 is 12.2 Å². The number of methoxy groups -OCH3 is 1. The molecule has 2 N–H and O–H groups in total. The van der Waals surface area contributed by atoms with E-state index in [1.54, 1.807) is 13.3 Å². The highest BCUT2D eigenvalue weighted by atomic mass is 32.1. The number of aromatic nitrogens is 1. The minimum atomic E-state index is -0.0816. The molecule has 0 aromatic carbocycles. The second kappa shape index (κ2) is 5.20. The molecular weight excluding hydrogens is 246 g/mol. The summed E-state index contributed by atoms with van der Waals surface area (Å²) in [6, 6.07) is 3.89. The minimum Gasteiger partial charge on any atom is -0.389 e. The van der Waals surface area contributed by atoms with Gasteiger partial charge in [0.2, 0.25) is 0 Å². The maximum Gasteiger partial charge on any atom is 0.128 e. The average molecular weight is 265 g/mol. The van der Waals surface area contributed by atoms with Crippen molar-refractivity contribution in [3.63, 3.8) is 0 Å². The molecule has 2 rings (SSSR count). The molecule has 1 aromatic rings. The van der Waals surface area contributed by atoms with Gasteiger partial charge in [0.05, 0.1) is 5.60 Å². The van der Waals surface area contributed by atoms with Crippen LogP contribution in [0.5, 0.6) is 0 Å². The van der Waals surface area contributed by atoms with Gasteiger partial charge in [-0.3, -0.25) is 0 Å². The Hall–Kier alpha value is -1.20. The van der Waals surface area contributed by atoms with E-state index in [9.17, 15) is 0 Å². The fraction of sp³-hybridized carbons (Fsp3) is 0.538. The molecule has 5 heteroatoms. The zero-order valence-corrected chi connectivity index (χ0v) is 11.7. The lowest BCUT2D eigenvalue weighted by molar-refractivity contribution is -0.00481. The van der Waals surface area contributed by atoms with E-state index < -0.39 is 0 Å². The van der Waals surface area contributed by atoms with E-state index >= 15 is 0 Å². The van der Waals surface area contributed by atoms with Gasteiger partial charge in [-0.05, 0) is 31.9 Å². The number of rotatable bonds is 3. The van der Waals surface area contributed by atoms with Crippen LogP contribution in [0.2, 0.25) is 0 Å². The van der Waals surface area contributed by atoms with Crippen molar-refractivity contribution in [1.29, 1.82) is 0 Å². The maximum absolute atomic E-state index is 5.58. The minimum absolute atomic E-state index is 0.0816. The summed E-state index contributed by atoms with van der Waals surface area (Å²) >= 11 is 4.92. The molecule has 1 aliphatic rings. The summed E-state index contributed by atoms with van der Waals surface area (Å²) in [7, 11) is 1.77. The van der Waals surface area contributed by atoms with Crippen LogP contribution in [0.25, 0.3) is 0 Å². The number of thiocarbonyl (C=S) groups is 1. The first-order chi connectivity index (χ1) is 8.54. The predicted octanol–water partition coefficient (Wildman–Crippen LogP) is 1.72. The summed E-state index contributed by atoms with van der Waals surface area (Å²) < 4.78 is 5.58. The zero-order chi connectivity index (χ0) is 13.2. The van der Waals surface area contributed by atoms with Gasteiger partial charge in [-0.25, -0.2) is 4.98 Å². The Bertz CT molecular complexity index is 434. The van der Waals surface area contributed by atoms with Gasteiger partial charge in [-0.15, -0.1) is 0 Å². The standard InChI is InChI=1S/C13H19N3OS/c1-13(17-2)6-3-7-16(9-13)11-5-4-10(8-15-11)12(14)18/h4-5,8H,3,6-7,9H2,1-2H3,(H2,14,18). The summed E-state index contributed by atoms with van der Waals surface area (Å²) in [5.41, 5.74) is 6.29. The van der Waals surface area contributed by atoms with Gasteiger partial charge in [0.25, 0.3) is 0 Å². The number of pyridine rings is 1. The molecule has 1 atom stereocenters. The monoisotopic (exact) mass is 265 g/mol. The Morgan fingerprint density at radius 3 is 2.89 bits per heavy atom. The Labute approximate surface area is 113 Å². The number of piperidine rings is 1. The first kappa shape index (κ1) is 13.2. The van der Waals surface area contributed by atoms with Gasteiger partial charge >= 0.3 is 0 Å². The van der Waals surface area contributed by atoms with E-state index in [1.807, 2.05) is 12.1 Å². The third-order valence-electron chi connectivity index (χ3n) is 3.51. The van der Waals surface area contributed by atoms with Crippen LogP contribution < -0.4 is 10.6 Å². The second-order valence-electron chi connectivity index (χ2n) is 4.95. The van der Waals surface area contributed by atoms with E-state index in [0.29, 0.717) is 4.99 Å². The van der Waals surface area contributed by atoms with E-state index in [-0.39, 0.29) is 5.60 Å². The molecule has 2 heterocycles. The van der Waals surface area contributed by atoms with Gasteiger partial charge in [-0.1, -0.05) is 12.2 Å². The molecule has 98 valence electrons. The van der Waals surface area contributed by atoms with Crippen molar-refractivity contribution in [3.8, 4) is 0 Å². The quantitative estimate of drug-likeness (QED) is 0.843. The number of anilines is 1. The number of nitrogens with two attached hydrogens (primary N) is 1. The van der Waals surface area contributed by atoms with Crippen LogP contribution in [-0.2, 0) is 4.74 Å². The molecule has 1 unspecified atom stereocenters. The van der Waals surface area contributed by atoms with Gasteiger partial charge in [0, 0.05) is 32.0 Å². The van der Waals surface area contributed by atoms with E-state index in [1.165, 1.54) is 0 Å². The molecule has 0 radical (unpaired) electrons. The fourth-order valence-corrected chi connectivity index (χ4v) is 2.41. The van der Waals surface area contributed by atoms with Crippen LogP contribution in [0.15, 0.2) is 18.3 Å². The number of hydrogen-bond donors (Lipinski definition) is 1. The molecule has 0 amide bonds. The van der Waals surface area contributed by atoms with Crippen molar-refractivity contribution in [2.75, 3.05) is 25.1 Å². The van der Waals surface area contributed by atoms with Crippen molar-refractivity contribution >= 4 is 23.0 Å². The smallest absolute Gasteiger partial charge is 0.128 e. The van der Waals surface area contributed by atoms with E-state index in [2.05, 4.69) is 16.8 Å². The molecule has 0 saturated carbocycles. The van der Waals surface area contributed by atoms with Crippen LogP contribution in [0.4, 0.5) is 5.82 Å². The highest BCUT2D eigenvalue weighted by molar-refractivity contribution is 7.80. The van der Waals surface area contributed by atoms with E-state index in [4.69, 9.17) is 22.7 Å². The van der Waals surface area contributed by atoms with Crippen molar-refractivity contribution in [3.05, 3.63) is 23.9 Å². The van der Waals surface area contributed by atoms with Crippen LogP contribution in [0.3, 0.4) is 0 Å². The first-order valence-electron chi connectivity index (χ1n) is 6.10. The van der Waals surface area contributed by atoms with E-state index in [0.717, 1.165) is 37.3 Å². The largest absolute Gasteiger partial charge is 0.389 e. The lowest BCUT2D eigenvalue weighted by Gasteiger charge is -2.40. The molecule has 18 heavy (non-hydrogen) atoms. The first-order valence-corrected chi connectivity index (χ1v) is 6.51. The van der Waals surface area contributed by atoms with Gasteiger partial charge in [0.15, 0.2) is 0 Å². The topological polar surface area (TPSA) is 51.4 Å². The highest BCUT2D eigenvalue weighted by Crippen LogP contribution is 2.26. The third kappa shape index (κ3) is 2.79. The van der Waals surface area contributed by atoms with Crippen LogP contribution in [0, 0.1) is 0 Å². The molecule has 4 nitrogen and oxygen atoms in total. The number of hydrogen-bond acceptors (Lipinski definition) is 4. The van der Waals surface area contributed by atoms with Gasteiger partial charge in [-0.2, -0.15) is 0 Å². The van der Waals surface area contributed by atoms with Crippen molar-refractivity contribution in [1.82, 2.24) is 4.98 Å². The number of nitrogens with zero attached hydrogens (tertiary/aromatic N) is 2. The average Bonchev–Trinajstić information content (AvgIpc) is 2.39. The molecule has 0 bridgehead atoms. The Balaban J connectivity index is 2.14. The Morgan fingerprint density at radius 2 is 2.33 bits per heavy atom. The molecule has 1 fully saturated rings. The zero-order valence-electron chi connectivity index (χ0n) is 10.8. The third-order valence-corrected chi connectivity index (χ3v) is 3.74. The van der Waals surface area contributed by atoms with Crippen molar-refractivity contribution in [2.45, 2.75) is 25.4 Å². The van der Waals surface area contributed by atoms with Gasteiger partial charge < -0.3 is 15.4 Å². The summed E-state index contributed by atoms with van der Waals surface area (Å²) in [6.07, 6.45) is 3.93. The van der Waals surface area contributed by atoms with Crippen molar-refractivity contribution in [2.24, 2.45) is 5.73 Å². The van der Waals surface area contributed by atoms with Gasteiger partial charge in [0.1, 0.15) is 10.8 Å². The molecule has 1 saturated heterocycles. The Kier molecular flexibility index (Phi) is 3.82. The van der Waals surface area contributed by atoms with Crippen molar-refractivity contribution < 1.29 is 4.74 Å². The summed E-state index contributed by atoms with van der Waals surface area (Å²) in [6.45, 7) is 4.02. The molecular formula is C13H19N3OS. The lowest BCUT2D eigenvalue weighted by Crippen LogP contribution is -2.47. The summed E-state index contributed by atoms with van der Waals surface area (Å²) in [5.74, 6) is 0.956. The molecule has 1 aromatic heterocycles. The van der Waals surface area contributed by atoms with Crippen LogP contribution in [0.1, 0.15) is 25.3 Å². The second-order valence-corrected chi connectivity index (χ2v) is 5.39. The molecule has 1 aliphatic heterocycles. The summed E-state index contributed by atoms with van der Waals surface area (Å²) in [4.78, 5) is 7.06. The maximum atomic E-state index is 5.58. The lowest BCUT2D eigenvalue weighted by atomic mass is 9.95. The highest BCUT2D eigenvalue weighted by Gasteiger charge is 2.31. The Morgan fingerprint density at radius 1 is 1.56 bits per heavy atom. The number of ether oxygens (including phenoxy) is 1. The SMILES string of the molecule is COC1(C)CCCN(c2ccc(C(N)=S)cn2)C1. The predicted molar refractivity (Wildman–Crippen MR) is 77.0 cm³/mol. The normalized spacial score (nSPS) is 24.0. The molecule has 0 aliphatic carbocycles. The fourth-order valence-electron chi connectivity index (χ4n) is 2.29.